The normalized spacial score (nSPS) is 35.6. The van der Waals surface area contributed by atoms with Gasteiger partial charge in [0.15, 0.2) is 0 Å². The van der Waals surface area contributed by atoms with Gasteiger partial charge in [0.1, 0.15) is 0 Å². The van der Waals surface area contributed by atoms with Crippen molar-refractivity contribution in [2.45, 2.75) is 111 Å². The van der Waals surface area contributed by atoms with Crippen LogP contribution in [0.5, 0.6) is 0 Å². The summed E-state index contributed by atoms with van der Waals surface area (Å²) in [6.45, 7) is 17.4. The van der Waals surface area contributed by atoms with Gasteiger partial charge in [-0.15, -0.1) is 0 Å². The highest BCUT2D eigenvalue weighted by molar-refractivity contribution is 7.98. The van der Waals surface area contributed by atoms with Crippen LogP contribution in [0, 0.1) is 46.3 Å². The Morgan fingerprint density at radius 1 is 0.829 bits per heavy atom. The van der Waals surface area contributed by atoms with Crippen molar-refractivity contribution in [2.24, 2.45) is 46.3 Å². The second-order valence-electron chi connectivity index (χ2n) is 14.9. The highest BCUT2D eigenvalue weighted by atomic mass is 32.2. The summed E-state index contributed by atoms with van der Waals surface area (Å²) in [6, 6.07) is 0. The van der Waals surface area contributed by atoms with E-state index in [9.17, 15) is 0 Å². The average Bonchev–Trinajstić information content (AvgIpc) is 3.30. The Hall–Kier alpha value is -0.0700. The van der Waals surface area contributed by atoms with Gasteiger partial charge < -0.3 is 18.9 Å². The third kappa shape index (κ3) is 8.56. The van der Waals surface area contributed by atoms with Gasteiger partial charge >= 0.3 is 0 Å². The van der Waals surface area contributed by atoms with E-state index in [4.69, 9.17) is 18.9 Å². The summed E-state index contributed by atoms with van der Waals surface area (Å²) in [7, 11) is 0. The van der Waals surface area contributed by atoms with Gasteiger partial charge in [-0.2, -0.15) is 11.8 Å². The van der Waals surface area contributed by atoms with Crippen molar-refractivity contribution in [1.29, 1.82) is 0 Å². The van der Waals surface area contributed by atoms with Crippen LogP contribution in [0.15, 0.2) is 11.6 Å². The first-order chi connectivity index (χ1) is 19.8. The van der Waals surface area contributed by atoms with Crippen LogP contribution in [-0.4, -0.2) is 64.4 Å². The maximum atomic E-state index is 6.34. The molecule has 8 atom stereocenters. The maximum Gasteiger partial charge on any atom is 0.0704 e. The molecule has 0 N–H and O–H groups in total. The lowest BCUT2D eigenvalue weighted by atomic mass is 9.47. The molecule has 3 fully saturated rings. The molecule has 0 bridgehead atoms. The molecule has 4 nitrogen and oxygen atoms in total. The van der Waals surface area contributed by atoms with Crippen LogP contribution in [0.25, 0.3) is 0 Å². The number of rotatable bonds is 18. The molecule has 0 aromatic heterocycles. The first kappa shape index (κ1) is 33.8. The SMILES string of the molecule is CSCCOCCOCCOCCO[C@H]1CCC2(C)C(=CCC3C2CCC2(C)C(C(C)CCCC(C)C)CCC32)C1. The largest absolute Gasteiger partial charge is 0.378 e. The highest BCUT2D eigenvalue weighted by Crippen LogP contribution is 2.67. The van der Waals surface area contributed by atoms with Crippen molar-refractivity contribution in [2.75, 3.05) is 58.3 Å². The molecule has 0 aromatic rings. The Labute approximate surface area is 257 Å². The summed E-state index contributed by atoms with van der Waals surface area (Å²) >= 11 is 1.81. The van der Waals surface area contributed by atoms with Gasteiger partial charge in [-0.05, 0) is 104 Å². The number of hydrogen-bond acceptors (Lipinski definition) is 5. The van der Waals surface area contributed by atoms with Crippen molar-refractivity contribution in [3.63, 3.8) is 0 Å². The summed E-state index contributed by atoms with van der Waals surface area (Å²) in [5.41, 5.74) is 2.70. The van der Waals surface area contributed by atoms with E-state index in [-0.39, 0.29) is 0 Å². The van der Waals surface area contributed by atoms with Crippen molar-refractivity contribution < 1.29 is 18.9 Å². The molecule has 0 saturated heterocycles. The van der Waals surface area contributed by atoms with Crippen molar-refractivity contribution in [3.8, 4) is 0 Å². The number of fused-ring (bicyclic) bond motifs is 5. The molecule has 0 aromatic carbocycles. The zero-order chi connectivity index (χ0) is 29.3. The van der Waals surface area contributed by atoms with E-state index in [2.05, 4.69) is 47.0 Å². The molecule has 0 aliphatic heterocycles. The summed E-state index contributed by atoms with van der Waals surface area (Å²) in [5.74, 6) is 6.46. The maximum absolute atomic E-state index is 6.34. The number of allylic oxidation sites excluding steroid dienone is 1. The first-order valence-corrected chi connectivity index (χ1v) is 18.7. The lowest BCUT2D eigenvalue weighted by Gasteiger charge is -2.58. The van der Waals surface area contributed by atoms with Gasteiger partial charge in [0, 0.05) is 5.75 Å². The zero-order valence-electron chi connectivity index (χ0n) is 27.6. The Morgan fingerprint density at radius 2 is 1.54 bits per heavy atom. The molecule has 3 saturated carbocycles. The van der Waals surface area contributed by atoms with E-state index in [1.54, 1.807) is 17.3 Å². The second-order valence-corrected chi connectivity index (χ2v) is 15.8. The van der Waals surface area contributed by atoms with Gasteiger partial charge in [0.25, 0.3) is 0 Å². The lowest BCUT2D eigenvalue weighted by Crippen LogP contribution is -2.51. The third-order valence-corrected chi connectivity index (χ3v) is 12.6. The molecule has 0 amide bonds. The number of ether oxygens (including phenoxy) is 4. The summed E-state index contributed by atoms with van der Waals surface area (Å²) in [5, 5.41) is 0. The topological polar surface area (TPSA) is 36.9 Å². The minimum atomic E-state index is 0.362. The molecule has 0 heterocycles. The van der Waals surface area contributed by atoms with Crippen molar-refractivity contribution in [1.82, 2.24) is 0 Å². The Bertz CT molecular complexity index is 800. The molecule has 4 aliphatic rings. The molecule has 4 rings (SSSR count). The first-order valence-electron chi connectivity index (χ1n) is 17.3. The van der Waals surface area contributed by atoms with Crippen molar-refractivity contribution >= 4 is 11.8 Å². The average molecular weight is 593 g/mol. The fourth-order valence-corrected chi connectivity index (χ4v) is 10.0. The molecule has 7 unspecified atom stereocenters. The predicted molar refractivity (Wildman–Crippen MR) is 174 cm³/mol. The Kier molecular flexibility index (Phi) is 13.4. The quantitative estimate of drug-likeness (QED) is 0.117. The summed E-state index contributed by atoms with van der Waals surface area (Å²) in [6.07, 6.45) is 20.3. The number of hydrogen-bond donors (Lipinski definition) is 0. The lowest BCUT2D eigenvalue weighted by molar-refractivity contribution is -0.0691. The van der Waals surface area contributed by atoms with Crippen molar-refractivity contribution in [3.05, 3.63) is 11.6 Å². The molecule has 0 radical (unpaired) electrons. The summed E-state index contributed by atoms with van der Waals surface area (Å²) < 4.78 is 23.2. The van der Waals surface area contributed by atoms with Crippen LogP contribution in [0.2, 0.25) is 0 Å². The molecule has 0 spiro atoms. The standard InChI is InChI=1S/C36H64O4S/c1-27(2)8-7-9-28(3)32-12-13-33-31-11-10-29-26-30(14-16-35(29,4)34(31)15-17-36(32,33)5)40-23-22-38-19-18-37-20-21-39-24-25-41-6/h10,27-28,30-34H,7-9,11-26H2,1-6H3/t28?,30-,31?,32?,33?,34?,35?,36?/m0/s1. The van der Waals surface area contributed by atoms with Crippen LogP contribution < -0.4 is 0 Å². The molecular weight excluding hydrogens is 528 g/mol. The van der Waals surface area contributed by atoms with Gasteiger partial charge in [0.2, 0.25) is 0 Å². The molecule has 41 heavy (non-hydrogen) atoms. The van der Waals surface area contributed by atoms with E-state index >= 15 is 0 Å². The fourth-order valence-electron chi connectivity index (χ4n) is 9.75. The van der Waals surface area contributed by atoms with Crippen LogP contribution in [0.1, 0.15) is 105 Å². The van der Waals surface area contributed by atoms with E-state index in [1.165, 1.54) is 64.2 Å². The zero-order valence-corrected chi connectivity index (χ0v) is 28.4. The number of thioether (sulfide) groups is 1. The van der Waals surface area contributed by atoms with Crippen LogP contribution >= 0.6 is 11.8 Å². The second kappa shape index (κ2) is 16.3. The smallest absolute Gasteiger partial charge is 0.0704 e. The monoisotopic (exact) mass is 592 g/mol. The molecule has 238 valence electrons. The van der Waals surface area contributed by atoms with E-state index in [0.717, 1.165) is 54.3 Å². The van der Waals surface area contributed by atoms with Gasteiger partial charge in [-0.3, -0.25) is 0 Å². The molecule has 4 aliphatic carbocycles. The van der Waals surface area contributed by atoms with E-state index in [1.807, 2.05) is 0 Å². The minimum absolute atomic E-state index is 0.362. The van der Waals surface area contributed by atoms with Crippen LogP contribution in [-0.2, 0) is 18.9 Å². The van der Waals surface area contributed by atoms with Gasteiger partial charge in [-0.1, -0.05) is 65.5 Å². The fraction of sp³-hybridized carbons (Fsp3) is 0.944. The summed E-state index contributed by atoms with van der Waals surface area (Å²) in [4.78, 5) is 0. The van der Waals surface area contributed by atoms with Gasteiger partial charge in [0.05, 0.1) is 52.4 Å². The van der Waals surface area contributed by atoms with Crippen LogP contribution in [0.3, 0.4) is 0 Å². The Balaban J connectivity index is 1.18. The molecule has 5 heteroatoms. The third-order valence-electron chi connectivity index (χ3n) is 12.0. The highest BCUT2D eigenvalue weighted by Gasteiger charge is 2.59. The van der Waals surface area contributed by atoms with E-state index < -0.39 is 0 Å². The Morgan fingerprint density at radius 3 is 2.24 bits per heavy atom. The van der Waals surface area contributed by atoms with Gasteiger partial charge in [-0.25, -0.2) is 0 Å². The van der Waals surface area contributed by atoms with Crippen LogP contribution in [0.4, 0.5) is 0 Å². The predicted octanol–water partition coefficient (Wildman–Crippen LogP) is 8.83. The molecular formula is C36H64O4S. The van der Waals surface area contributed by atoms with E-state index in [0.29, 0.717) is 56.6 Å². The minimum Gasteiger partial charge on any atom is -0.378 e.